The van der Waals surface area contributed by atoms with E-state index in [0.717, 1.165) is 12.0 Å². The molecule has 0 aliphatic rings. The summed E-state index contributed by atoms with van der Waals surface area (Å²) in [6, 6.07) is 13.5. The van der Waals surface area contributed by atoms with Crippen LogP contribution in [0.1, 0.15) is 36.6 Å². The van der Waals surface area contributed by atoms with Gasteiger partial charge < -0.3 is 19.6 Å². The number of rotatable bonds is 9. The molecule has 0 aliphatic carbocycles. The third kappa shape index (κ3) is 5.74. The van der Waals surface area contributed by atoms with Crippen LogP contribution in [0.25, 0.3) is 0 Å². The number of benzene rings is 2. The normalized spacial score (nSPS) is 11.9. The summed E-state index contributed by atoms with van der Waals surface area (Å²) in [5.41, 5.74) is 3.01. The molecule has 0 bridgehead atoms. The van der Waals surface area contributed by atoms with Crippen LogP contribution in [-0.4, -0.2) is 32.9 Å². The number of methoxy groups -OCH3 is 2. The number of hydrogen-bond acceptors (Lipinski definition) is 5. The highest BCUT2D eigenvalue weighted by Crippen LogP contribution is 2.29. The Morgan fingerprint density at radius 3 is 2.52 bits per heavy atom. The van der Waals surface area contributed by atoms with Gasteiger partial charge >= 0.3 is 0 Å². The summed E-state index contributed by atoms with van der Waals surface area (Å²) >= 11 is 0. The maximum absolute atomic E-state index is 12.0. The van der Waals surface area contributed by atoms with Crippen LogP contribution in [0.5, 0.6) is 11.5 Å². The zero-order chi connectivity index (χ0) is 19.6. The number of oxime groups is 1. The first kappa shape index (κ1) is 20.3. The minimum absolute atomic E-state index is 0.102. The lowest BCUT2D eigenvalue weighted by molar-refractivity contribution is -0.126. The maximum atomic E-state index is 12.0. The van der Waals surface area contributed by atoms with E-state index in [1.807, 2.05) is 31.2 Å². The van der Waals surface area contributed by atoms with Crippen molar-refractivity contribution in [1.29, 1.82) is 0 Å². The van der Waals surface area contributed by atoms with Gasteiger partial charge in [0.05, 0.1) is 26.5 Å². The highest BCUT2D eigenvalue weighted by molar-refractivity contribution is 5.85. The third-order valence-electron chi connectivity index (χ3n) is 4.16. The molecule has 144 valence electrons. The number of ether oxygens (including phenoxy) is 2. The predicted molar refractivity (Wildman–Crippen MR) is 105 cm³/mol. The van der Waals surface area contributed by atoms with Crippen LogP contribution in [0.4, 0.5) is 0 Å². The van der Waals surface area contributed by atoms with Crippen LogP contribution in [-0.2, 0) is 16.1 Å². The molecule has 0 saturated carbocycles. The Bertz CT molecular complexity index is 772. The van der Waals surface area contributed by atoms with Crippen LogP contribution in [0.2, 0.25) is 0 Å². The Morgan fingerprint density at radius 1 is 1.15 bits per heavy atom. The third-order valence-corrected chi connectivity index (χ3v) is 4.16. The topological polar surface area (TPSA) is 69.2 Å². The quantitative estimate of drug-likeness (QED) is 0.542. The Hall–Kier alpha value is -3.02. The maximum Gasteiger partial charge on any atom is 0.261 e. The van der Waals surface area contributed by atoms with Crippen molar-refractivity contribution in [2.75, 3.05) is 20.8 Å². The summed E-state index contributed by atoms with van der Waals surface area (Å²) in [6.45, 7) is 3.88. The number of hydrogen-bond donors (Lipinski definition) is 1. The highest BCUT2D eigenvalue weighted by Gasteiger charge is 2.10. The number of amides is 1. The van der Waals surface area contributed by atoms with Crippen LogP contribution in [0, 0.1) is 0 Å². The number of nitrogens with one attached hydrogen (secondary N) is 1. The monoisotopic (exact) mass is 370 g/mol. The minimum atomic E-state index is -0.239. The van der Waals surface area contributed by atoms with E-state index in [-0.39, 0.29) is 18.6 Å². The van der Waals surface area contributed by atoms with E-state index in [0.29, 0.717) is 17.1 Å². The van der Waals surface area contributed by atoms with E-state index in [4.69, 9.17) is 14.3 Å². The van der Waals surface area contributed by atoms with Crippen LogP contribution in [0.3, 0.4) is 0 Å². The summed E-state index contributed by atoms with van der Waals surface area (Å²) in [5.74, 6) is 0.917. The molecule has 27 heavy (non-hydrogen) atoms. The number of nitrogens with zero attached hydrogens (tertiary/aromatic N) is 1. The summed E-state index contributed by atoms with van der Waals surface area (Å²) in [4.78, 5) is 17.1. The SMILES string of the molecule is CCc1ccc([C@H](C)NC(=O)CO/N=C\c2cccc(OC)c2OC)cc1. The summed E-state index contributed by atoms with van der Waals surface area (Å²) in [6.07, 6.45) is 2.48. The molecule has 0 unspecified atom stereocenters. The molecule has 6 heteroatoms. The summed E-state index contributed by atoms with van der Waals surface area (Å²) < 4.78 is 10.5. The van der Waals surface area contributed by atoms with Gasteiger partial charge in [-0.15, -0.1) is 0 Å². The van der Waals surface area contributed by atoms with Crippen molar-refractivity contribution in [3.05, 3.63) is 59.2 Å². The average molecular weight is 370 g/mol. The number of para-hydroxylation sites is 1. The smallest absolute Gasteiger partial charge is 0.261 e. The van der Waals surface area contributed by atoms with E-state index in [9.17, 15) is 4.79 Å². The van der Waals surface area contributed by atoms with Gasteiger partial charge in [0.15, 0.2) is 18.1 Å². The molecule has 1 atom stereocenters. The molecular weight excluding hydrogens is 344 g/mol. The molecule has 6 nitrogen and oxygen atoms in total. The van der Waals surface area contributed by atoms with Crippen molar-refractivity contribution in [2.45, 2.75) is 26.3 Å². The van der Waals surface area contributed by atoms with E-state index < -0.39 is 0 Å². The lowest BCUT2D eigenvalue weighted by atomic mass is 10.1. The molecule has 0 fully saturated rings. The van der Waals surface area contributed by atoms with Crippen LogP contribution in [0.15, 0.2) is 47.6 Å². The zero-order valence-corrected chi connectivity index (χ0v) is 16.2. The van der Waals surface area contributed by atoms with Crippen molar-refractivity contribution < 1.29 is 19.1 Å². The van der Waals surface area contributed by atoms with Crippen molar-refractivity contribution >= 4 is 12.1 Å². The molecule has 0 saturated heterocycles. The molecule has 0 radical (unpaired) electrons. The summed E-state index contributed by atoms with van der Waals surface area (Å²) in [5, 5.41) is 6.74. The van der Waals surface area contributed by atoms with Gasteiger partial charge in [-0.05, 0) is 36.6 Å². The fraction of sp³-hybridized carbons (Fsp3) is 0.333. The Morgan fingerprint density at radius 2 is 1.89 bits per heavy atom. The standard InChI is InChI=1S/C21H26N2O4/c1-5-16-9-11-17(12-10-16)15(2)23-20(24)14-27-22-13-18-7-6-8-19(25-3)21(18)26-4/h6-13,15H,5,14H2,1-4H3,(H,23,24)/b22-13-/t15-/m0/s1. The molecule has 0 aliphatic heterocycles. The van der Waals surface area contributed by atoms with Gasteiger partial charge in [0, 0.05) is 5.56 Å². The molecule has 1 amide bonds. The molecule has 2 rings (SSSR count). The van der Waals surface area contributed by atoms with Gasteiger partial charge in [0.2, 0.25) is 0 Å². The first-order valence-corrected chi connectivity index (χ1v) is 8.83. The first-order chi connectivity index (χ1) is 13.1. The van der Waals surface area contributed by atoms with Gasteiger partial charge in [-0.3, -0.25) is 4.79 Å². The van der Waals surface area contributed by atoms with Gasteiger partial charge in [-0.1, -0.05) is 42.4 Å². The Labute approximate surface area is 160 Å². The number of carbonyl (C=O) groups excluding carboxylic acids is 1. The minimum Gasteiger partial charge on any atom is -0.493 e. The van der Waals surface area contributed by atoms with E-state index in [1.54, 1.807) is 20.3 Å². The van der Waals surface area contributed by atoms with E-state index in [1.165, 1.54) is 11.8 Å². The lowest BCUT2D eigenvalue weighted by Crippen LogP contribution is -2.29. The van der Waals surface area contributed by atoms with Gasteiger partial charge in [-0.2, -0.15) is 0 Å². The molecule has 0 spiro atoms. The molecule has 2 aromatic carbocycles. The average Bonchev–Trinajstić information content (AvgIpc) is 2.70. The van der Waals surface area contributed by atoms with E-state index in [2.05, 4.69) is 29.5 Å². The zero-order valence-electron chi connectivity index (χ0n) is 16.2. The van der Waals surface area contributed by atoms with Gasteiger partial charge in [0.1, 0.15) is 0 Å². The fourth-order valence-corrected chi connectivity index (χ4v) is 2.61. The first-order valence-electron chi connectivity index (χ1n) is 8.83. The second kappa shape index (κ2) is 10.2. The van der Waals surface area contributed by atoms with Gasteiger partial charge in [-0.25, -0.2) is 0 Å². The molecule has 0 aromatic heterocycles. The fourth-order valence-electron chi connectivity index (χ4n) is 2.61. The summed E-state index contributed by atoms with van der Waals surface area (Å²) in [7, 11) is 3.12. The largest absolute Gasteiger partial charge is 0.493 e. The number of carbonyl (C=O) groups is 1. The Kier molecular flexibility index (Phi) is 7.67. The van der Waals surface area contributed by atoms with Crippen molar-refractivity contribution in [1.82, 2.24) is 5.32 Å². The molecule has 1 N–H and O–H groups in total. The van der Waals surface area contributed by atoms with Crippen LogP contribution < -0.4 is 14.8 Å². The number of aryl methyl sites for hydroxylation is 1. The van der Waals surface area contributed by atoms with Crippen molar-refractivity contribution in [3.8, 4) is 11.5 Å². The predicted octanol–water partition coefficient (Wildman–Crippen LogP) is 3.49. The van der Waals surface area contributed by atoms with Crippen LogP contribution >= 0.6 is 0 Å². The second-order valence-electron chi connectivity index (χ2n) is 5.98. The van der Waals surface area contributed by atoms with Crippen molar-refractivity contribution in [2.24, 2.45) is 5.16 Å². The molecule has 2 aromatic rings. The second-order valence-corrected chi connectivity index (χ2v) is 5.98. The van der Waals surface area contributed by atoms with E-state index >= 15 is 0 Å². The molecule has 0 heterocycles. The van der Waals surface area contributed by atoms with Crippen molar-refractivity contribution in [3.63, 3.8) is 0 Å². The Balaban J connectivity index is 1.86. The molecular formula is C21H26N2O4. The highest BCUT2D eigenvalue weighted by atomic mass is 16.6. The lowest BCUT2D eigenvalue weighted by Gasteiger charge is -2.14. The van der Waals surface area contributed by atoms with Gasteiger partial charge in [0.25, 0.3) is 5.91 Å².